The van der Waals surface area contributed by atoms with Gasteiger partial charge in [0.25, 0.3) is 0 Å². The molecule has 0 radical (unpaired) electrons. The second-order valence-corrected chi connectivity index (χ2v) is 7.82. The standard InChI is InChI=1S/C25H25F3N2/c26-25(27,28)24-9-5-4-8-23(24)21-12-10-20(11-13-21)17-30-15-14-29-22(18-30)16-19-6-2-1-3-7-19/h1-13,22,29H,14-18H2/t22-/m1/s1. The monoisotopic (exact) mass is 410 g/mol. The maximum atomic E-state index is 13.3. The van der Waals surface area contributed by atoms with Gasteiger partial charge in [0.2, 0.25) is 0 Å². The lowest BCUT2D eigenvalue weighted by Gasteiger charge is -2.34. The molecule has 0 aliphatic carbocycles. The average molecular weight is 410 g/mol. The van der Waals surface area contributed by atoms with Crippen molar-refractivity contribution in [1.82, 2.24) is 10.2 Å². The zero-order chi connectivity index (χ0) is 21.0. The third-order valence-corrected chi connectivity index (χ3v) is 5.57. The highest BCUT2D eigenvalue weighted by atomic mass is 19.4. The van der Waals surface area contributed by atoms with Gasteiger partial charge < -0.3 is 5.32 Å². The van der Waals surface area contributed by atoms with Gasteiger partial charge in [0.15, 0.2) is 0 Å². The fourth-order valence-electron chi connectivity index (χ4n) is 4.10. The molecule has 1 saturated heterocycles. The molecule has 0 amide bonds. The molecule has 1 atom stereocenters. The molecule has 3 aromatic rings. The van der Waals surface area contributed by atoms with Crippen LogP contribution >= 0.6 is 0 Å². The molecule has 30 heavy (non-hydrogen) atoms. The van der Waals surface area contributed by atoms with Crippen LogP contribution in [0.3, 0.4) is 0 Å². The van der Waals surface area contributed by atoms with E-state index >= 15 is 0 Å². The summed E-state index contributed by atoms with van der Waals surface area (Å²) in [6.45, 7) is 3.65. The van der Waals surface area contributed by atoms with E-state index in [0.29, 0.717) is 11.6 Å². The van der Waals surface area contributed by atoms with Crippen LogP contribution in [0.1, 0.15) is 16.7 Å². The lowest BCUT2D eigenvalue weighted by atomic mass is 9.98. The number of halogens is 3. The summed E-state index contributed by atoms with van der Waals surface area (Å²) in [7, 11) is 0. The van der Waals surface area contributed by atoms with E-state index in [9.17, 15) is 13.2 Å². The number of hydrogen-bond donors (Lipinski definition) is 1. The molecule has 2 nitrogen and oxygen atoms in total. The van der Waals surface area contributed by atoms with Crippen molar-refractivity contribution in [2.24, 2.45) is 0 Å². The number of alkyl halides is 3. The van der Waals surface area contributed by atoms with Gasteiger partial charge in [-0.3, -0.25) is 4.90 Å². The van der Waals surface area contributed by atoms with Crippen LogP contribution in [0.15, 0.2) is 78.9 Å². The van der Waals surface area contributed by atoms with E-state index in [4.69, 9.17) is 0 Å². The van der Waals surface area contributed by atoms with E-state index in [-0.39, 0.29) is 5.56 Å². The van der Waals surface area contributed by atoms with Crippen molar-refractivity contribution in [3.63, 3.8) is 0 Å². The molecular weight excluding hydrogens is 385 g/mol. The van der Waals surface area contributed by atoms with Crippen LogP contribution in [0, 0.1) is 0 Å². The SMILES string of the molecule is FC(F)(F)c1ccccc1-c1ccc(CN2CCN[C@H](Cc3ccccc3)C2)cc1. The maximum absolute atomic E-state index is 13.3. The van der Waals surface area contributed by atoms with Gasteiger partial charge in [-0.15, -0.1) is 0 Å². The summed E-state index contributed by atoms with van der Waals surface area (Å²) >= 11 is 0. The number of piperazine rings is 1. The summed E-state index contributed by atoms with van der Waals surface area (Å²) in [6.07, 6.45) is -3.37. The normalized spacial score (nSPS) is 17.8. The summed E-state index contributed by atoms with van der Waals surface area (Å²) in [6, 6.07) is 24.1. The van der Waals surface area contributed by atoms with Gasteiger partial charge in [-0.1, -0.05) is 72.8 Å². The fourth-order valence-corrected chi connectivity index (χ4v) is 4.10. The molecule has 4 rings (SSSR count). The largest absolute Gasteiger partial charge is 0.417 e. The van der Waals surface area contributed by atoms with Crippen molar-refractivity contribution in [1.29, 1.82) is 0 Å². The number of nitrogens with zero attached hydrogens (tertiary/aromatic N) is 1. The third kappa shape index (κ3) is 5.10. The Labute approximate surface area is 175 Å². The van der Waals surface area contributed by atoms with Crippen LogP contribution in [-0.2, 0) is 19.1 Å². The molecule has 0 unspecified atom stereocenters. The zero-order valence-corrected chi connectivity index (χ0v) is 16.7. The second-order valence-electron chi connectivity index (χ2n) is 7.82. The van der Waals surface area contributed by atoms with E-state index < -0.39 is 11.7 Å². The van der Waals surface area contributed by atoms with Gasteiger partial charge in [0, 0.05) is 32.2 Å². The topological polar surface area (TPSA) is 15.3 Å². The summed E-state index contributed by atoms with van der Waals surface area (Å²) in [5.41, 5.74) is 2.66. The van der Waals surface area contributed by atoms with Crippen LogP contribution in [0.2, 0.25) is 0 Å². The Morgan fingerprint density at radius 2 is 1.53 bits per heavy atom. The highest BCUT2D eigenvalue weighted by molar-refractivity contribution is 5.68. The average Bonchev–Trinajstić information content (AvgIpc) is 2.75. The first kappa shape index (κ1) is 20.6. The Morgan fingerprint density at radius 1 is 0.833 bits per heavy atom. The smallest absolute Gasteiger partial charge is 0.311 e. The molecule has 1 heterocycles. The van der Waals surface area contributed by atoms with Crippen molar-refractivity contribution >= 4 is 0 Å². The van der Waals surface area contributed by atoms with Crippen LogP contribution in [-0.4, -0.2) is 30.6 Å². The highest BCUT2D eigenvalue weighted by Crippen LogP contribution is 2.36. The van der Waals surface area contributed by atoms with Crippen molar-refractivity contribution in [3.8, 4) is 11.1 Å². The van der Waals surface area contributed by atoms with Gasteiger partial charge >= 0.3 is 6.18 Å². The first-order valence-corrected chi connectivity index (χ1v) is 10.2. The number of nitrogens with one attached hydrogen (secondary N) is 1. The van der Waals surface area contributed by atoms with Crippen molar-refractivity contribution in [3.05, 3.63) is 95.6 Å². The Bertz CT molecular complexity index is 952. The van der Waals surface area contributed by atoms with E-state index in [1.165, 1.54) is 17.7 Å². The molecule has 156 valence electrons. The lowest BCUT2D eigenvalue weighted by Crippen LogP contribution is -2.51. The minimum Gasteiger partial charge on any atom is -0.311 e. The van der Waals surface area contributed by atoms with Crippen molar-refractivity contribution < 1.29 is 13.2 Å². The minimum atomic E-state index is -4.36. The number of hydrogen-bond acceptors (Lipinski definition) is 2. The van der Waals surface area contributed by atoms with Gasteiger partial charge in [-0.05, 0) is 34.7 Å². The molecule has 1 aliphatic rings. The molecule has 0 spiro atoms. The van der Waals surface area contributed by atoms with Crippen LogP contribution < -0.4 is 5.32 Å². The zero-order valence-electron chi connectivity index (χ0n) is 16.7. The first-order chi connectivity index (χ1) is 14.5. The summed E-state index contributed by atoms with van der Waals surface area (Å²) in [5, 5.41) is 3.59. The minimum absolute atomic E-state index is 0.224. The predicted molar refractivity (Wildman–Crippen MR) is 114 cm³/mol. The molecule has 0 saturated carbocycles. The van der Waals surface area contributed by atoms with Gasteiger partial charge in [-0.2, -0.15) is 13.2 Å². The molecule has 3 aromatic carbocycles. The Morgan fingerprint density at radius 3 is 2.27 bits per heavy atom. The molecular formula is C25H25F3N2. The van der Waals surface area contributed by atoms with Crippen LogP contribution in [0.4, 0.5) is 13.2 Å². The molecule has 5 heteroatoms. The summed E-state index contributed by atoms with van der Waals surface area (Å²) in [5.74, 6) is 0. The van der Waals surface area contributed by atoms with Gasteiger partial charge in [-0.25, -0.2) is 0 Å². The lowest BCUT2D eigenvalue weighted by molar-refractivity contribution is -0.137. The van der Waals surface area contributed by atoms with Gasteiger partial charge in [0.1, 0.15) is 0 Å². The molecule has 0 bridgehead atoms. The van der Waals surface area contributed by atoms with Crippen molar-refractivity contribution in [2.75, 3.05) is 19.6 Å². The summed E-state index contributed by atoms with van der Waals surface area (Å²) in [4.78, 5) is 2.41. The van der Waals surface area contributed by atoms with Crippen LogP contribution in [0.25, 0.3) is 11.1 Å². The maximum Gasteiger partial charge on any atom is 0.417 e. The predicted octanol–water partition coefficient (Wildman–Crippen LogP) is 5.39. The Hall–Kier alpha value is -2.63. The molecule has 1 aliphatic heterocycles. The van der Waals surface area contributed by atoms with E-state index in [0.717, 1.165) is 44.2 Å². The summed E-state index contributed by atoms with van der Waals surface area (Å²) < 4.78 is 39.9. The van der Waals surface area contributed by atoms with E-state index in [2.05, 4.69) is 34.5 Å². The number of rotatable bonds is 5. The first-order valence-electron chi connectivity index (χ1n) is 10.2. The number of benzene rings is 3. The molecule has 0 aromatic heterocycles. The Kier molecular flexibility index (Phi) is 6.21. The van der Waals surface area contributed by atoms with E-state index in [1.54, 1.807) is 18.2 Å². The van der Waals surface area contributed by atoms with Gasteiger partial charge in [0.05, 0.1) is 5.56 Å². The Balaban J connectivity index is 1.42. The van der Waals surface area contributed by atoms with Crippen LogP contribution in [0.5, 0.6) is 0 Å². The van der Waals surface area contributed by atoms with Crippen molar-refractivity contribution in [2.45, 2.75) is 25.2 Å². The third-order valence-electron chi connectivity index (χ3n) is 5.57. The second kappa shape index (κ2) is 9.02. The highest BCUT2D eigenvalue weighted by Gasteiger charge is 2.33. The quantitative estimate of drug-likeness (QED) is 0.607. The molecule has 1 N–H and O–H groups in total. The van der Waals surface area contributed by atoms with E-state index in [1.807, 2.05) is 18.2 Å². The molecule has 1 fully saturated rings. The fraction of sp³-hybridized carbons (Fsp3) is 0.280.